The highest BCUT2D eigenvalue weighted by atomic mass is 16.3. The Hall–Kier alpha value is -2.21. The van der Waals surface area contributed by atoms with Gasteiger partial charge in [0.2, 0.25) is 5.75 Å². The zero-order valence-electron chi connectivity index (χ0n) is 9.96. The van der Waals surface area contributed by atoms with Crippen molar-refractivity contribution < 1.29 is 15.3 Å². The Balaban J connectivity index is 1.99. The van der Waals surface area contributed by atoms with Gasteiger partial charge < -0.3 is 25.2 Å². The van der Waals surface area contributed by atoms with Crippen LogP contribution in [-0.2, 0) is 20.1 Å². The van der Waals surface area contributed by atoms with Gasteiger partial charge in [-0.3, -0.25) is 0 Å². The second-order valence-electron chi connectivity index (χ2n) is 4.00. The van der Waals surface area contributed by atoms with Gasteiger partial charge in [-0.2, -0.15) is 0 Å². The van der Waals surface area contributed by atoms with Crippen molar-refractivity contribution in [3.8, 4) is 17.2 Å². The molecular weight excluding hydrogens is 234 g/mol. The molecule has 4 N–H and O–H groups in total. The first-order chi connectivity index (χ1) is 8.59. The van der Waals surface area contributed by atoms with E-state index in [1.165, 1.54) is 6.07 Å². The summed E-state index contributed by atoms with van der Waals surface area (Å²) in [5.41, 5.74) is 0.513. The van der Waals surface area contributed by atoms with Crippen LogP contribution in [0.5, 0.6) is 17.2 Å². The van der Waals surface area contributed by atoms with Gasteiger partial charge in [-0.25, -0.2) is 4.98 Å². The van der Waals surface area contributed by atoms with Crippen LogP contribution in [0.1, 0.15) is 11.4 Å². The van der Waals surface area contributed by atoms with Gasteiger partial charge in [0, 0.05) is 31.5 Å². The molecular formula is C12H15N3O3. The van der Waals surface area contributed by atoms with Crippen molar-refractivity contribution >= 4 is 0 Å². The highest BCUT2D eigenvalue weighted by molar-refractivity contribution is 5.52. The van der Waals surface area contributed by atoms with E-state index in [-0.39, 0.29) is 11.5 Å². The van der Waals surface area contributed by atoms with Crippen LogP contribution in [-0.4, -0.2) is 24.9 Å². The molecule has 0 aliphatic rings. The summed E-state index contributed by atoms with van der Waals surface area (Å²) in [5, 5.41) is 31.3. The zero-order valence-corrected chi connectivity index (χ0v) is 9.96. The maximum absolute atomic E-state index is 9.62. The molecule has 6 nitrogen and oxygen atoms in total. The Morgan fingerprint density at radius 2 is 1.94 bits per heavy atom. The smallest absolute Gasteiger partial charge is 0.200 e. The molecule has 1 aromatic heterocycles. The molecule has 2 rings (SSSR count). The number of rotatable bonds is 4. The summed E-state index contributed by atoms with van der Waals surface area (Å²) < 4.78 is 1.89. The van der Waals surface area contributed by atoms with Crippen molar-refractivity contribution in [3.05, 3.63) is 35.9 Å². The minimum atomic E-state index is -0.494. The first-order valence-corrected chi connectivity index (χ1v) is 5.49. The van der Waals surface area contributed by atoms with Crippen LogP contribution in [0, 0.1) is 0 Å². The van der Waals surface area contributed by atoms with E-state index in [0.29, 0.717) is 18.7 Å². The molecule has 0 fully saturated rings. The number of nitrogens with one attached hydrogen (secondary N) is 1. The van der Waals surface area contributed by atoms with E-state index in [9.17, 15) is 15.3 Å². The van der Waals surface area contributed by atoms with Crippen LogP contribution >= 0.6 is 0 Å². The van der Waals surface area contributed by atoms with Gasteiger partial charge in [0.25, 0.3) is 0 Å². The number of nitrogens with zero attached hydrogens (tertiary/aromatic N) is 2. The van der Waals surface area contributed by atoms with E-state index < -0.39 is 5.75 Å². The Morgan fingerprint density at radius 3 is 2.61 bits per heavy atom. The number of phenolic OH excluding ortho intramolecular Hbond substituents is 3. The molecule has 0 aliphatic heterocycles. The summed E-state index contributed by atoms with van der Waals surface area (Å²) in [6, 6.07) is 2.89. The average molecular weight is 249 g/mol. The fourth-order valence-corrected chi connectivity index (χ4v) is 1.63. The van der Waals surface area contributed by atoms with Crippen LogP contribution in [0.2, 0.25) is 0 Å². The van der Waals surface area contributed by atoms with Crippen LogP contribution in [0.25, 0.3) is 0 Å². The number of aromatic hydroxyl groups is 3. The SMILES string of the molecule is Cn1ccnc1CNCc1ccc(O)c(O)c1O. The lowest BCUT2D eigenvalue weighted by Gasteiger charge is -2.09. The van der Waals surface area contributed by atoms with Crippen molar-refractivity contribution in [2.75, 3.05) is 0 Å². The number of hydrogen-bond acceptors (Lipinski definition) is 5. The van der Waals surface area contributed by atoms with Crippen LogP contribution in [0.15, 0.2) is 24.5 Å². The summed E-state index contributed by atoms with van der Waals surface area (Å²) in [5.74, 6) is -0.258. The highest BCUT2D eigenvalue weighted by Crippen LogP contribution is 2.36. The van der Waals surface area contributed by atoms with Gasteiger partial charge in [-0.05, 0) is 6.07 Å². The molecule has 0 amide bonds. The van der Waals surface area contributed by atoms with Crippen LogP contribution < -0.4 is 5.32 Å². The van der Waals surface area contributed by atoms with Gasteiger partial charge in [0.05, 0.1) is 6.54 Å². The number of phenols is 3. The third kappa shape index (κ3) is 2.38. The van der Waals surface area contributed by atoms with E-state index in [2.05, 4.69) is 10.3 Å². The fourth-order valence-electron chi connectivity index (χ4n) is 1.63. The van der Waals surface area contributed by atoms with Gasteiger partial charge in [-0.15, -0.1) is 0 Å². The van der Waals surface area contributed by atoms with Crippen LogP contribution in [0.4, 0.5) is 0 Å². The number of aryl methyl sites for hydroxylation is 1. The maximum atomic E-state index is 9.62. The molecule has 1 aromatic carbocycles. The Kier molecular flexibility index (Phi) is 3.38. The Labute approximate surface area is 104 Å². The first-order valence-electron chi connectivity index (χ1n) is 5.49. The molecule has 0 radical (unpaired) electrons. The molecule has 0 spiro atoms. The quantitative estimate of drug-likeness (QED) is 0.602. The van der Waals surface area contributed by atoms with Gasteiger partial charge >= 0.3 is 0 Å². The minimum Gasteiger partial charge on any atom is -0.504 e. The van der Waals surface area contributed by atoms with Crippen molar-refractivity contribution in [3.63, 3.8) is 0 Å². The lowest BCUT2D eigenvalue weighted by Crippen LogP contribution is -2.15. The molecule has 6 heteroatoms. The molecule has 0 atom stereocenters. The molecule has 0 saturated carbocycles. The van der Waals surface area contributed by atoms with Gasteiger partial charge in [-0.1, -0.05) is 6.07 Å². The lowest BCUT2D eigenvalue weighted by molar-refractivity contribution is 0.364. The average Bonchev–Trinajstić information content (AvgIpc) is 2.75. The zero-order chi connectivity index (χ0) is 13.1. The lowest BCUT2D eigenvalue weighted by atomic mass is 10.1. The summed E-state index contributed by atoms with van der Waals surface area (Å²) in [6.07, 6.45) is 3.56. The van der Waals surface area contributed by atoms with Gasteiger partial charge in [0.1, 0.15) is 5.82 Å². The van der Waals surface area contributed by atoms with Crippen molar-refractivity contribution in [2.45, 2.75) is 13.1 Å². The second-order valence-corrected chi connectivity index (χ2v) is 4.00. The Bertz CT molecular complexity index is 551. The monoisotopic (exact) mass is 249 g/mol. The van der Waals surface area contributed by atoms with E-state index in [4.69, 9.17) is 0 Å². The largest absolute Gasteiger partial charge is 0.504 e. The van der Waals surface area contributed by atoms with Crippen LogP contribution in [0.3, 0.4) is 0 Å². The summed E-state index contributed by atoms with van der Waals surface area (Å²) >= 11 is 0. The van der Waals surface area contributed by atoms with E-state index >= 15 is 0 Å². The number of benzene rings is 1. The highest BCUT2D eigenvalue weighted by Gasteiger charge is 2.10. The molecule has 0 aliphatic carbocycles. The number of imidazole rings is 1. The minimum absolute atomic E-state index is 0.303. The van der Waals surface area contributed by atoms with Gasteiger partial charge in [0.15, 0.2) is 11.5 Å². The molecule has 0 unspecified atom stereocenters. The molecule has 18 heavy (non-hydrogen) atoms. The molecule has 2 aromatic rings. The molecule has 96 valence electrons. The molecule has 1 heterocycles. The number of aromatic nitrogens is 2. The van der Waals surface area contributed by atoms with Crippen molar-refractivity contribution in [2.24, 2.45) is 7.05 Å². The van der Waals surface area contributed by atoms with E-state index in [0.717, 1.165) is 5.82 Å². The maximum Gasteiger partial charge on any atom is 0.200 e. The van der Waals surface area contributed by atoms with Crippen molar-refractivity contribution in [1.29, 1.82) is 0 Å². The first kappa shape index (κ1) is 12.3. The number of hydrogen-bond donors (Lipinski definition) is 4. The molecule has 0 bridgehead atoms. The third-order valence-corrected chi connectivity index (χ3v) is 2.73. The predicted molar refractivity (Wildman–Crippen MR) is 65.2 cm³/mol. The fraction of sp³-hybridized carbons (Fsp3) is 0.250. The molecule has 0 saturated heterocycles. The topological polar surface area (TPSA) is 90.5 Å². The normalized spacial score (nSPS) is 10.7. The van der Waals surface area contributed by atoms with Crippen molar-refractivity contribution in [1.82, 2.24) is 14.9 Å². The van der Waals surface area contributed by atoms with E-state index in [1.807, 2.05) is 17.8 Å². The summed E-state index contributed by atoms with van der Waals surface area (Å²) in [6.45, 7) is 0.914. The summed E-state index contributed by atoms with van der Waals surface area (Å²) in [7, 11) is 1.90. The summed E-state index contributed by atoms with van der Waals surface area (Å²) in [4.78, 5) is 4.15. The predicted octanol–water partition coefficient (Wildman–Crippen LogP) is 0.827. The van der Waals surface area contributed by atoms with E-state index in [1.54, 1.807) is 12.3 Å². The third-order valence-electron chi connectivity index (χ3n) is 2.73. The second kappa shape index (κ2) is 4.97. The standard InChI is InChI=1S/C12H15N3O3/c1-15-5-4-14-10(15)7-13-6-8-2-3-9(16)12(18)11(8)17/h2-5,13,16-18H,6-7H2,1H3. The Morgan fingerprint density at radius 1 is 1.17 bits per heavy atom.